The minimum absolute atomic E-state index is 0.727. The Morgan fingerprint density at radius 2 is 0.966 bits per heavy atom. The maximum atomic E-state index is 5.59. The largest absolute Gasteiger partial charge is 0.355 e. The second kappa shape index (κ2) is 16.4. The van der Waals surface area contributed by atoms with Crippen LogP contribution < -0.4 is 0 Å². The number of allylic oxidation sites excluding steroid dienone is 4. The lowest BCUT2D eigenvalue weighted by atomic mass is 10.0. The van der Waals surface area contributed by atoms with Crippen LogP contribution in [0.3, 0.4) is 0 Å². The predicted octanol–water partition coefficient (Wildman–Crippen LogP) is 13.8. The normalized spacial score (nSPS) is 12.9. The molecule has 0 aliphatic carbocycles. The zero-order valence-electron chi connectivity index (χ0n) is 34.2. The van der Waals surface area contributed by atoms with Crippen molar-refractivity contribution in [3.8, 4) is 11.4 Å². The molecule has 0 aliphatic rings. The standard InChI is InChI=1S/C55H48N4/c1-5-40(34-41-21-9-7-10-22-41)33-39(3)38-57(4)55(42-23-11-8-12-24-42)56-50(6-2)43-35-44(58-51-29-17-13-25-46(51)47-26-14-18-30-52(47)58)37-45(36-43)59-53-31-19-15-27-48(53)49-28-16-20-32-54(49)59/h5-33,35-37H,34,38H2,1-4H3/b39-33+,40-5+,50-6-,56-55-. The van der Waals surface area contributed by atoms with E-state index in [0.29, 0.717) is 0 Å². The minimum atomic E-state index is 0.727. The molecule has 0 atom stereocenters. The zero-order valence-corrected chi connectivity index (χ0v) is 34.2. The summed E-state index contributed by atoms with van der Waals surface area (Å²) in [6.07, 6.45) is 7.60. The van der Waals surface area contributed by atoms with Gasteiger partial charge in [0.2, 0.25) is 0 Å². The maximum Gasteiger partial charge on any atom is 0.136 e. The van der Waals surface area contributed by atoms with Crippen LogP contribution in [0.15, 0.2) is 210 Å². The highest BCUT2D eigenvalue weighted by Gasteiger charge is 2.19. The molecule has 0 saturated carbocycles. The number of likely N-dealkylation sites (N-methyl/N-ethyl adjacent to an activating group) is 1. The summed E-state index contributed by atoms with van der Waals surface area (Å²) in [4.78, 5) is 7.88. The van der Waals surface area contributed by atoms with Crippen molar-refractivity contribution in [2.24, 2.45) is 4.99 Å². The molecule has 0 bridgehead atoms. The predicted molar refractivity (Wildman–Crippen MR) is 252 cm³/mol. The van der Waals surface area contributed by atoms with E-state index in [-0.39, 0.29) is 0 Å². The Labute approximate surface area is 347 Å². The lowest BCUT2D eigenvalue weighted by Gasteiger charge is -2.23. The van der Waals surface area contributed by atoms with Gasteiger partial charge in [-0.05, 0) is 80.8 Å². The van der Waals surface area contributed by atoms with E-state index in [1.54, 1.807) is 0 Å². The maximum absolute atomic E-state index is 5.59. The van der Waals surface area contributed by atoms with Gasteiger partial charge in [0.15, 0.2) is 0 Å². The molecule has 9 aromatic rings. The Balaban J connectivity index is 1.21. The number of aliphatic imine (C=N–C) groups is 1. The minimum Gasteiger partial charge on any atom is -0.355 e. The summed E-state index contributed by atoms with van der Waals surface area (Å²) >= 11 is 0. The molecule has 4 heteroatoms. The van der Waals surface area contributed by atoms with Gasteiger partial charge in [-0.25, -0.2) is 4.99 Å². The molecule has 0 aliphatic heterocycles. The highest BCUT2D eigenvalue weighted by molar-refractivity contribution is 6.11. The number of hydrogen-bond donors (Lipinski definition) is 0. The molecule has 0 spiro atoms. The molecule has 0 radical (unpaired) electrons. The second-order valence-corrected chi connectivity index (χ2v) is 15.3. The van der Waals surface area contributed by atoms with Gasteiger partial charge in [0.25, 0.3) is 0 Å². The molecular formula is C55H48N4. The molecular weight excluding hydrogens is 717 g/mol. The number of rotatable bonds is 10. The Kier molecular flexibility index (Phi) is 10.4. The lowest BCUT2D eigenvalue weighted by molar-refractivity contribution is 0.550. The third kappa shape index (κ3) is 7.30. The van der Waals surface area contributed by atoms with Gasteiger partial charge in [-0.1, -0.05) is 157 Å². The molecule has 0 amide bonds. The van der Waals surface area contributed by atoms with Crippen LogP contribution in [-0.2, 0) is 6.42 Å². The van der Waals surface area contributed by atoms with Gasteiger partial charge in [-0.3, -0.25) is 0 Å². The van der Waals surface area contributed by atoms with Gasteiger partial charge in [-0.2, -0.15) is 0 Å². The van der Waals surface area contributed by atoms with Crippen LogP contribution in [0, 0.1) is 0 Å². The molecule has 0 saturated heterocycles. The van der Waals surface area contributed by atoms with E-state index in [9.17, 15) is 0 Å². The van der Waals surface area contributed by atoms with Crippen LogP contribution in [0.4, 0.5) is 0 Å². The van der Waals surface area contributed by atoms with Crippen LogP contribution in [0.5, 0.6) is 0 Å². The molecule has 2 aromatic heterocycles. The lowest BCUT2D eigenvalue weighted by Crippen LogP contribution is -2.29. The molecule has 0 fully saturated rings. The van der Waals surface area contributed by atoms with Gasteiger partial charge in [0.05, 0.1) is 27.8 Å². The van der Waals surface area contributed by atoms with Crippen LogP contribution in [-0.4, -0.2) is 33.5 Å². The molecule has 9 rings (SSSR count). The number of nitrogens with zero attached hydrogens (tertiary/aromatic N) is 4. The summed E-state index contributed by atoms with van der Waals surface area (Å²) in [6.45, 7) is 7.17. The Hall–Kier alpha value is -7.17. The zero-order chi connectivity index (χ0) is 40.3. The average Bonchev–Trinajstić information content (AvgIpc) is 3.80. The number of aromatic nitrogens is 2. The monoisotopic (exact) mass is 764 g/mol. The first-order valence-corrected chi connectivity index (χ1v) is 20.5. The number of para-hydroxylation sites is 4. The molecule has 59 heavy (non-hydrogen) atoms. The van der Waals surface area contributed by atoms with E-state index in [4.69, 9.17) is 4.99 Å². The first-order chi connectivity index (χ1) is 29.0. The first-order valence-electron chi connectivity index (χ1n) is 20.5. The smallest absolute Gasteiger partial charge is 0.136 e. The third-order valence-corrected chi connectivity index (χ3v) is 11.3. The number of amidine groups is 1. The quantitative estimate of drug-likeness (QED) is 0.0773. The van der Waals surface area contributed by atoms with Gasteiger partial charge in [0, 0.05) is 57.6 Å². The fourth-order valence-electron chi connectivity index (χ4n) is 8.65. The van der Waals surface area contributed by atoms with E-state index in [1.165, 1.54) is 60.3 Å². The highest BCUT2D eigenvalue weighted by atomic mass is 15.2. The van der Waals surface area contributed by atoms with E-state index < -0.39 is 0 Å². The SMILES string of the molecule is C/C=C(\C=C(/C)CN(C)/C(=N\C(=C/C)c1cc(-n2c3ccccc3c3ccccc32)cc(-n2c3ccccc3c3ccccc32)c1)c1ccccc1)Cc1ccccc1. The van der Waals surface area contributed by atoms with Crippen LogP contribution in [0.1, 0.15) is 37.5 Å². The fourth-order valence-corrected chi connectivity index (χ4v) is 8.65. The Morgan fingerprint density at radius 3 is 1.42 bits per heavy atom. The van der Waals surface area contributed by atoms with Gasteiger partial charge >= 0.3 is 0 Å². The van der Waals surface area contributed by atoms with Gasteiger partial charge in [0.1, 0.15) is 5.84 Å². The van der Waals surface area contributed by atoms with Crippen molar-refractivity contribution in [3.05, 3.63) is 222 Å². The Morgan fingerprint density at radius 1 is 0.525 bits per heavy atom. The van der Waals surface area contributed by atoms with E-state index in [0.717, 1.165) is 47.0 Å². The number of benzene rings is 7. The van der Waals surface area contributed by atoms with Crippen molar-refractivity contribution in [1.82, 2.24) is 14.0 Å². The van der Waals surface area contributed by atoms with Crippen LogP contribution in [0.2, 0.25) is 0 Å². The highest BCUT2D eigenvalue weighted by Crippen LogP contribution is 2.37. The molecule has 7 aromatic carbocycles. The summed E-state index contributed by atoms with van der Waals surface area (Å²) < 4.78 is 4.82. The van der Waals surface area contributed by atoms with Gasteiger partial charge in [-0.15, -0.1) is 0 Å². The van der Waals surface area contributed by atoms with Crippen LogP contribution >= 0.6 is 0 Å². The Bertz CT molecular complexity index is 2840. The fraction of sp³-hybridized carbons (Fsp3) is 0.109. The van der Waals surface area contributed by atoms with E-state index >= 15 is 0 Å². The number of hydrogen-bond acceptors (Lipinski definition) is 1. The van der Waals surface area contributed by atoms with Crippen molar-refractivity contribution in [3.63, 3.8) is 0 Å². The summed E-state index contributed by atoms with van der Waals surface area (Å²) in [5.74, 6) is 0.914. The molecule has 2 heterocycles. The van der Waals surface area contributed by atoms with Crippen molar-refractivity contribution < 1.29 is 0 Å². The topological polar surface area (TPSA) is 25.5 Å². The summed E-state index contributed by atoms with van der Waals surface area (Å²) in [7, 11) is 2.15. The van der Waals surface area contributed by atoms with Crippen molar-refractivity contribution >= 4 is 55.1 Å². The number of fused-ring (bicyclic) bond motifs is 6. The summed E-state index contributed by atoms with van der Waals surface area (Å²) in [5, 5.41) is 4.94. The summed E-state index contributed by atoms with van der Waals surface area (Å²) in [5.41, 5.74) is 13.7. The summed E-state index contributed by atoms with van der Waals surface area (Å²) in [6, 6.07) is 63.1. The van der Waals surface area contributed by atoms with Gasteiger partial charge < -0.3 is 14.0 Å². The van der Waals surface area contributed by atoms with Crippen molar-refractivity contribution in [2.75, 3.05) is 13.6 Å². The van der Waals surface area contributed by atoms with E-state index in [2.05, 4.69) is 236 Å². The van der Waals surface area contributed by atoms with Crippen LogP contribution in [0.25, 0.3) is 60.7 Å². The molecule has 0 N–H and O–H groups in total. The molecule has 0 unspecified atom stereocenters. The second-order valence-electron chi connectivity index (χ2n) is 15.3. The molecule has 288 valence electrons. The average molecular weight is 765 g/mol. The van der Waals surface area contributed by atoms with E-state index in [1.807, 2.05) is 0 Å². The third-order valence-electron chi connectivity index (χ3n) is 11.3. The van der Waals surface area contributed by atoms with Crippen molar-refractivity contribution in [1.29, 1.82) is 0 Å². The van der Waals surface area contributed by atoms with Crippen molar-refractivity contribution in [2.45, 2.75) is 27.2 Å². The molecule has 4 nitrogen and oxygen atoms in total. The first kappa shape index (κ1) is 37.4.